The van der Waals surface area contributed by atoms with Gasteiger partial charge in [0.2, 0.25) is 5.95 Å². The molecule has 0 spiro atoms. The Morgan fingerprint density at radius 2 is 1.68 bits per heavy atom. The Morgan fingerprint density at radius 1 is 1.18 bits per heavy atom. The first-order valence-corrected chi connectivity index (χ1v) is 8.50. The van der Waals surface area contributed by atoms with Crippen LogP contribution in [0.2, 0.25) is 0 Å². The van der Waals surface area contributed by atoms with E-state index in [4.69, 9.17) is 5.11 Å². The van der Waals surface area contributed by atoms with Gasteiger partial charge in [-0.2, -0.15) is 0 Å². The first-order chi connectivity index (χ1) is 10.7. The van der Waals surface area contributed by atoms with Gasteiger partial charge in [0.25, 0.3) is 0 Å². The van der Waals surface area contributed by atoms with E-state index in [2.05, 4.69) is 27.1 Å². The standard InChI is InChI=1S/C13H19N3O.C2H7N.C2H6/c1-2-3-9-4-14-13(15-5-9)16-6-10-11(7-16)12(10)8-17;1-3-2;1-2/h4-5,10-12,17H,2-3,6-8H2,1H3;3H,1-2H3;1-2H3. The number of hydrogen-bond acceptors (Lipinski definition) is 5. The normalized spacial score (nSPS) is 24.6. The fraction of sp³-hybridized carbons (Fsp3) is 0.765. The van der Waals surface area contributed by atoms with Gasteiger partial charge in [-0.05, 0) is 43.8 Å². The Bertz CT molecular complexity index is 398. The largest absolute Gasteiger partial charge is 0.396 e. The Kier molecular flexibility index (Phi) is 8.35. The molecule has 1 saturated heterocycles. The molecule has 0 radical (unpaired) electrons. The quantitative estimate of drug-likeness (QED) is 0.890. The summed E-state index contributed by atoms with van der Waals surface area (Å²) in [4.78, 5) is 11.1. The van der Waals surface area contributed by atoms with Crippen LogP contribution >= 0.6 is 0 Å². The number of aryl methyl sites for hydroxylation is 1. The Morgan fingerprint density at radius 3 is 2.09 bits per heavy atom. The molecule has 0 amide bonds. The van der Waals surface area contributed by atoms with Gasteiger partial charge in [0.05, 0.1) is 0 Å². The minimum atomic E-state index is 0.347. The predicted octanol–water partition coefficient (Wildman–Crippen LogP) is 1.97. The fourth-order valence-corrected chi connectivity index (χ4v) is 3.01. The maximum atomic E-state index is 9.11. The highest BCUT2D eigenvalue weighted by atomic mass is 16.3. The molecule has 0 aromatic carbocycles. The number of hydrogen-bond donors (Lipinski definition) is 2. The second kappa shape index (κ2) is 9.74. The van der Waals surface area contributed by atoms with Crippen LogP contribution in [-0.4, -0.2) is 48.9 Å². The number of aliphatic hydroxyl groups is 1. The van der Waals surface area contributed by atoms with Gasteiger partial charge in [-0.3, -0.25) is 0 Å². The molecule has 2 atom stereocenters. The number of rotatable bonds is 4. The van der Waals surface area contributed by atoms with E-state index in [-0.39, 0.29) is 0 Å². The minimum Gasteiger partial charge on any atom is -0.396 e. The van der Waals surface area contributed by atoms with Crippen molar-refractivity contribution in [1.82, 2.24) is 15.3 Å². The molecule has 3 rings (SSSR count). The van der Waals surface area contributed by atoms with Crippen molar-refractivity contribution in [2.45, 2.75) is 33.6 Å². The molecule has 1 aliphatic heterocycles. The molecule has 1 saturated carbocycles. The Hall–Kier alpha value is -1.20. The maximum Gasteiger partial charge on any atom is 0.225 e. The van der Waals surface area contributed by atoms with Crippen LogP contribution in [0.25, 0.3) is 0 Å². The van der Waals surface area contributed by atoms with Crippen molar-refractivity contribution in [1.29, 1.82) is 0 Å². The van der Waals surface area contributed by atoms with Crippen LogP contribution in [-0.2, 0) is 6.42 Å². The molecule has 1 aliphatic carbocycles. The highest BCUT2D eigenvalue weighted by Gasteiger charge is 2.55. The molecule has 1 aromatic heterocycles. The average molecular weight is 308 g/mol. The molecule has 2 heterocycles. The monoisotopic (exact) mass is 308 g/mol. The van der Waals surface area contributed by atoms with Gasteiger partial charge < -0.3 is 15.3 Å². The lowest BCUT2D eigenvalue weighted by Gasteiger charge is -2.19. The number of aliphatic hydroxyl groups excluding tert-OH is 1. The van der Waals surface area contributed by atoms with Gasteiger partial charge in [0.1, 0.15) is 0 Å². The lowest BCUT2D eigenvalue weighted by Crippen LogP contribution is -2.26. The fourth-order valence-electron chi connectivity index (χ4n) is 3.01. The van der Waals surface area contributed by atoms with Crippen LogP contribution in [0, 0.1) is 17.8 Å². The first-order valence-electron chi connectivity index (χ1n) is 8.50. The summed E-state index contributed by atoms with van der Waals surface area (Å²) >= 11 is 0. The molecule has 2 unspecified atom stereocenters. The van der Waals surface area contributed by atoms with E-state index in [9.17, 15) is 0 Å². The second-order valence-corrected chi connectivity index (χ2v) is 5.72. The van der Waals surface area contributed by atoms with Gasteiger partial charge in [-0.15, -0.1) is 0 Å². The second-order valence-electron chi connectivity index (χ2n) is 5.72. The van der Waals surface area contributed by atoms with Crippen molar-refractivity contribution in [2.24, 2.45) is 17.8 Å². The van der Waals surface area contributed by atoms with Gasteiger partial charge in [-0.1, -0.05) is 27.2 Å². The van der Waals surface area contributed by atoms with Crippen molar-refractivity contribution >= 4 is 5.95 Å². The third kappa shape index (κ3) is 4.65. The third-order valence-electron chi connectivity index (χ3n) is 4.10. The number of anilines is 1. The molecule has 5 heteroatoms. The SMILES string of the molecule is CC.CCCc1cnc(N2CC3C(CO)C3C2)nc1.CNC. The van der Waals surface area contributed by atoms with Crippen LogP contribution in [0.15, 0.2) is 12.4 Å². The van der Waals surface area contributed by atoms with Crippen molar-refractivity contribution in [3.8, 4) is 0 Å². The summed E-state index contributed by atoms with van der Waals surface area (Å²) in [5.74, 6) is 2.76. The molecular formula is C17H32N4O. The van der Waals surface area contributed by atoms with Crippen LogP contribution < -0.4 is 10.2 Å². The topological polar surface area (TPSA) is 61.3 Å². The summed E-state index contributed by atoms with van der Waals surface area (Å²) in [5.41, 5.74) is 1.22. The maximum absolute atomic E-state index is 9.11. The summed E-state index contributed by atoms with van der Waals surface area (Å²) in [7, 11) is 3.75. The summed E-state index contributed by atoms with van der Waals surface area (Å²) in [6, 6.07) is 0. The Balaban J connectivity index is 0.000000435. The smallest absolute Gasteiger partial charge is 0.225 e. The van der Waals surface area contributed by atoms with Crippen molar-refractivity contribution in [3.05, 3.63) is 18.0 Å². The zero-order valence-electron chi connectivity index (χ0n) is 14.7. The summed E-state index contributed by atoms with van der Waals surface area (Å²) in [5, 5.41) is 11.9. The number of nitrogens with zero attached hydrogens (tertiary/aromatic N) is 3. The lowest BCUT2D eigenvalue weighted by molar-refractivity contribution is 0.260. The summed E-state index contributed by atoms with van der Waals surface area (Å²) in [6.45, 7) is 8.54. The van der Waals surface area contributed by atoms with Crippen molar-refractivity contribution < 1.29 is 5.11 Å². The molecule has 2 aliphatic rings. The van der Waals surface area contributed by atoms with Gasteiger partial charge in [0, 0.05) is 32.1 Å². The van der Waals surface area contributed by atoms with E-state index in [1.54, 1.807) is 0 Å². The molecule has 1 aromatic rings. The molecule has 22 heavy (non-hydrogen) atoms. The highest BCUT2D eigenvalue weighted by molar-refractivity contribution is 5.35. The van der Waals surface area contributed by atoms with E-state index >= 15 is 0 Å². The van der Waals surface area contributed by atoms with Crippen molar-refractivity contribution in [2.75, 3.05) is 38.7 Å². The van der Waals surface area contributed by atoms with Gasteiger partial charge >= 0.3 is 0 Å². The summed E-state index contributed by atoms with van der Waals surface area (Å²) < 4.78 is 0. The molecule has 5 nitrogen and oxygen atoms in total. The van der Waals surface area contributed by atoms with E-state index in [1.165, 1.54) is 5.56 Å². The van der Waals surface area contributed by atoms with E-state index in [0.717, 1.165) is 31.9 Å². The van der Waals surface area contributed by atoms with Gasteiger partial charge in [0.15, 0.2) is 0 Å². The minimum absolute atomic E-state index is 0.347. The van der Waals surface area contributed by atoms with Crippen LogP contribution in [0.5, 0.6) is 0 Å². The molecule has 0 bridgehead atoms. The summed E-state index contributed by atoms with van der Waals surface area (Å²) in [6.07, 6.45) is 6.07. The van der Waals surface area contributed by atoms with Crippen LogP contribution in [0.1, 0.15) is 32.8 Å². The molecule has 2 N–H and O–H groups in total. The third-order valence-corrected chi connectivity index (χ3v) is 4.10. The average Bonchev–Trinajstić information content (AvgIpc) is 3.02. The molecule has 2 fully saturated rings. The highest BCUT2D eigenvalue weighted by Crippen LogP contribution is 2.51. The van der Waals surface area contributed by atoms with Crippen LogP contribution in [0.4, 0.5) is 5.95 Å². The van der Waals surface area contributed by atoms with E-state index in [1.807, 2.05) is 40.3 Å². The number of fused-ring (bicyclic) bond motifs is 1. The van der Waals surface area contributed by atoms with Gasteiger partial charge in [-0.25, -0.2) is 9.97 Å². The number of nitrogens with one attached hydrogen (secondary N) is 1. The van der Waals surface area contributed by atoms with E-state index in [0.29, 0.717) is 24.4 Å². The molecule has 126 valence electrons. The predicted molar refractivity (Wildman–Crippen MR) is 92.1 cm³/mol. The first kappa shape index (κ1) is 18.8. The van der Waals surface area contributed by atoms with Crippen LogP contribution in [0.3, 0.4) is 0 Å². The lowest BCUT2D eigenvalue weighted by atomic mass is 10.2. The Labute approximate surface area is 135 Å². The molecular weight excluding hydrogens is 276 g/mol. The number of piperidine rings is 1. The zero-order valence-corrected chi connectivity index (χ0v) is 14.7. The van der Waals surface area contributed by atoms with E-state index < -0.39 is 0 Å². The number of aromatic nitrogens is 2. The zero-order chi connectivity index (χ0) is 16.5. The van der Waals surface area contributed by atoms with Crippen molar-refractivity contribution in [3.63, 3.8) is 0 Å².